The first-order valence-corrected chi connectivity index (χ1v) is 8.80. The van der Waals surface area contributed by atoms with Crippen LogP contribution < -0.4 is 5.32 Å². The van der Waals surface area contributed by atoms with Crippen molar-refractivity contribution >= 4 is 28.4 Å². The minimum absolute atomic E-state index is 0.0377. The Bertz CT molecular complexity index is 779. The van der Waals surface area contributed by atoms with Gasteiger partial charge in [0.1, 0.15) is 0 Å². The maximum absolute atomic E-state index is 12.8. The second kappa shape index (κ2) is 5.79. The summed E-state index contributed by atoms with van der Waals surface area (Å²) >= 11 is 2.26. The Hall–Kier alpha value is -1.61. The fraction of sp³-hybridized carbons (Fsp3) is 0.368. The molecule has 1 aliphatic carbocycles. The van der Waals surface area contributed by atoms with Crippen LogP contribution in [0.5, 0.6) is 0 Å². The highest BCUT2D eigenvalue weighted by Crippen LogP contribution is 2.46. The summed E-state index contributed by atoms with van der Waals surface area (Å²) in [5.74, 6) is -0.0793. The smallest absolute Gasteiger partial charge is 0.162 e. The molecule has 3 rings (SSSR count). The normalized spacial score (nSPS) is 23.3. The summed E-state index contributed by atoms with van der Waals surface area (Å²) < 4.78 is 1.14. The van der Waals surface area contributed by atoms with Crippen LogP contribution in [0.1, 0.15) is 45.1 Å². The van der Waals surface area contributed by atoms with E-state index in [4.69, 9.17) is 0 Å². The van der Waals surface area contributed by atoms with Crippen molar-refractivity contribution in [2.45, 2.75) is 39.5 Å². The van der Waals surface area contributed by atoms with Gasteiger partial charge in [-0.05, 0) is 59.0 Å². The first-order chi connectivity index (χ1) is 10.8. The van der Waals surface area contributed by atoms with E-state index >= 15 is 0 Å². The molecule has 0 fully saturated rings. The molecule has 1 aromatic rings. The van der Waals surface area contributed by atoms with Crippen molar-refractivity contribution in [2.24, 2.45) is 5.41 Å². The molecule has 0 unspecified atom stereocenters. The van der Waals surface area contributed by atoms with Gasteiger partial charge in [0, 0.05) is 27.0 Å². The van der Waals surface area contributed by atoms with Crippen LogP contribution in [0.25, 0.3) is 0 Å². The molecule has 4 heteroatoms. The van der Waals surface area contributed by atoms with Crippen LogP contribution >= 0.6 is 22.6 Å². The summed E-state index contributed by atoms with van der Waals surface area (Å²) in [7, 11) is 0. The summed E-state index contributed by atoms with van der Waals surface area (Å²) in [6.45, 7) is 6.16. The number of hydrogen-bond donors (Lipinski definition) is 1. The average Bonchev–Trinajstić information content (AvgIpc) is 2.45. The predicted molar refractivity (Wildman–Crippen MR) is 98.4 cm³/mol. The van der Waals surface area contributed by atoms with Gasteiger partial charge in [0.2, 0.25) is 0 Å². The highest BCUT2D eigenvalue weighted by atomic mass is 127. The van der Waals surface area contributed by atoms with E-state index in [0.29, 0.717) is 12.0 Å². The SMILES string of the molecule is CC1=C(C#N)[C@@H](c2ccc(I)cc2)C2=C(CC(C)(C)CC2=O)N1. The van der Waals surface area contributed by atoms with Crippen LogP contribution in [-0.4, -0.2) is 5.78 Å². The van der Waals surface area contributed by atoms with E-state index in [1.165, 1.54) is 0 Å². The first-order valence-electron chi connectivity index (χ1n) is 7.72. The van der Waals surface area contributed by atoms with Crippen LogP contribution in [0.3, 0.4) is 0 Å². The molecule has 0 bridgehead atoms. The molecule has 0 radical (unpaired) electrons. The topological polar surface area (TPSA) is 52.9 Å². The van der Waals surface area contributed by atoms with E-state index in [1.807, 2.05) is 31.2 Å². The van der Waals surface area contributed by atoms with Crippen LogP contribution in [0.15, 0.2) is 46.8 Å². The van der Waals surface area contributed by atoms with Crippen LogP contribution in [0.2, 0.25) is 0 Å². The Morgan fingerprint density at radius 1 is 1.26 bits per heavy atom. The molecule has 23 heavy (non-hydrogen) atoms. The van der Waals surface area contributed by atoms with Crippen molar-refractivity contribution in [3.63, 3.8) is 0 Å². The third kappa shape index (κ3) is 2.94. The van der Waals surface area contributed by atoms with Gasteiger partial charge in [-0.2, -0.15) is 5.26 Å². The van der Waals surface area contributed by atoms with Gasteiger partial charge in [-0.15, -0.1) is 0 Å². The van der Waals surface area contributed by atoms with Crippen molar-refractivity contribution in [1.29, 1.82) is 5.26 Å². The van der Waals surface area contributed by atoms with Gasteiger partial charge in [-0.1, -0.05) is 26.0 Å². The molecule has 0 amide bonds. The number of nitriles is 1. The van der Waals surface area contributed by atoms with Gasteiger partial charge in [0.15, 0.2) is 5.78 Å². The quantitative estimate of drug-likeness (QED) is 0.688. The van der Waals surface area contributed by atoms with Crippen molar-refractivity contribution < 1.29 is 4.79 Å². The zero-order valence-corrected chi connectivity index (χ0v) is 15.7. The number of Topliss-reactive ketones (excluding diaryl/α,β-unsaturated/α-hetero) is 1. The molecule has 1 N–H and O–H groups in total. The molecule has 3 nitrogen and oxygen atoms in total. The summed E-state index contributed by atoms with van der Waals surface area (Å²) in [5, 5.41) is 13.0. The molecule has 1 aliphatic heterocycles. The average molecular weight is 418 g/mol. The second-order valence-corrected chi connectivity index (χ2v) is 8.34. The number of carbonyl (C=O) groups is 1. The monoisotopic (exact) mass is 418 g/mol. The summed E-state index contributed by atoms with van der Waals surface area (Å²) in [4.78, 5) is 12.8. The van der Waals surface area contributed by atoms with Crippen molar-refractivity contribution in [3.05, 3.63) is 55.9 Å². The van der Waals surface area contributed by atoms with E-state index in [0.717, 1.165) is 32.5 Å². The Labute approximate surface area is 150 Å². The molecule has 1 heterocycles. The molecular weight excluding hydrogens is 399 g/mol. The largest absolute Gasteiger partial charge is 0.361 e. The van der Waals surface area contributed by atoms with Gasteiger partial charge in [-0.3, -0.25) is 4.79 Å². The van der Waals surface area contributed by atoms with E-state index in [9.17, 15) is 10.1 Å². The highest BCUT2D eigenvalue weighted by molar-refractivity contribution is 14.1. The number of ketones is 1. The maximum Gasteiger partial charge on any atom is 0.162 e. The van der Waals surface area contributed by atoms with E-state index in [1.54, 1.807) is 0 Å². The third-order valence-corrected chi connectivity index (χ3v) is 5.28. The first kappa shape index (κ1) is 16.3. The Morgan fingerprint density at radius 2 is 1.91 bits per heavy atom. The lowest BCUT2D eigenvalue weighted by Gasteiger charge is -2.38. The molecule has 0 saturated heterocycles. The van der Waals surface area contributed by atoms with E-state index in [2.05, 4.69) is 47.8 Å². The second-order valence-electron chi connectivity index (χ2n) is 7.09. The van der Waals surface area contributed by atoms with Crippen molar-refractivity contribution in [2.75, 3.05) is 0 Å². The molecule has 1 atom stereocenters. The number of carbonyl (C=O) groups excluding carboxylic acids is 1. The molecule has 1 aromatic carbocycles. The number of allylic oxidation sites excluding steroid dienone is 4. The Balaban J connectivity index is 2.17. The lowest BCUT2D eigenvalue weighted by Crippen LogP contribution is -2.36. The number of nitrogens with zero attached hydrogens (tertiary/aromatic N) is 1. The number of halogens is 1. The zero-order valence-electron chi connectivity index (χ0n) is 13.5. The van der Waals surface area contributed by atoms with Crippen LogP contribution in [-0.2, 0) is 4.79 Å². The minimum atomic E-state index is -0.239. The standard InChI is InChI=1S/C19H19IN2O/c1-11-14(10-21)17(12-4-6-13(20)7-5-12)18-15(22-11)8-19(2,3)9-16(18)23/h4-7,17,22H,8-9H2,1-3H3/t17-/m1/s1. The lowest BCUT2D eigenvalue weighted by atomic mass is 9.69. The van der Waals surface area contributed by atoms with Crippen molar-refractivity contribution in [3.8, 4) is 6.07 Å². The van der Waals surface area contributed by atoms with Gasteiger partial charge in [-0.25, -0.2) is 0 Å². The zero-order chi connectivity index (χ0) is 16.8. The Morgan fingerprint density at radius 3 is 2.52 bits per heavy atom. The third-order valence-electron chi connectivity index (χ3n) is 4.56. The van der Waals surface area contributed by atoms with Gasteiger partial charge >= 0.3 is 0 Å². The number of hydrogen-bond acceptors (Lipinski definition) is 3. The molecular formula is C19H19IN2O. The number of nitrogens with one attached hydrogen (secondary N) is 1. The molecule has 0 aromatic heterocycles. The highest BCUT2D eigenvalue weighted by Gasteiger charge is 2.40. The number of benzene rings is 1. The van der Waals surface area contributed by atoms with Crippen LogP contribution in [0, 0.1) is 20.3 Å². The maximum atomic E-state index is 12.8. The van der Waals surface area contributed by atoms with E-state index < -0.39 is 0 Å². The fourth-order valence-corrected chi connectivity index (χ4v) is 3.93. The summed E-state index contributed by atoms with van der Waals surface area (Å²) in [5.41, 5.74) is 4.27. The molecule has 0 spiro atoms. The predicted octanol–water partition coefficient (Wildman–Crippen LogP) is 4.42. The number of dihydropyridines is 1. The van der Waals surface area contributed by atoms with Gasteiger partial charge in [0.05, 0.1) is 17.6 Å². The van der Waals surface area contributed by atoms with Crippen molar-refractivity contribution in [1.82, 2.24) is 5.32 Å². The molecule has 2 aliphatic rings. The summed E-state index contributed by atoms with van der Waals surface area (Å²) in [6, 6.07) is 10.4. The van der Waals surface area contributed by atoms with Gasteiger partial charge in [0.25, 0.3) is 0 Å². The van der Waals surface area contributed by atoms with Gasteiger partial charge < -0.3 is 5.32 Å². The lowest BCUT2D eigenvalue weighted by molar-refractivity contribution is -0.118. The molecule has 118 valence electrons. The number of rotatable bonds is 1. The molecule has 0 saturated carbocycles. The summed E-state index contributed by atoms with van der Waals surface area (Å²) in [6.07, 6.45) is 1.37. The fourth-order valence-electron chi connectivity index (χ4n) is 3.57. The van der Waals surface area contributed by atoms with Crippen LogP contribution in [0.4, 0.5) is 0 Å². The van der Waals surface area contributed by atoms with E-state index in [-0.39, 0.29) is 17.1 Å². The Kier molecular flexibility index (Phi) is 4.09. The minimum Gasteiger partial charge on any atom is -0.361 e.